The Kier molecular flexibility index (Phi) is 10.9. The molecule has 2 bridgehead atoms. The number of rotatable bonds is 15. The van der Waals surface area contributed by atoms with Crippen molar-refractivity contribution in [2.45, 2.75) is 72.9 Å². The van der Waals surface area contributed by atoms with Gasteiger partial charge in [-0.1, -0.05) is 48.4 Å². The summed E-state index contributed by atoms with van der Waals surface area (Å²) < 4.78 is 10.2. The smallest absolute Gasteiger partial charge is 0.310 e. The second-order valence-electron chi connectivity index (χ2n) is 11.4. The van der Waals surface area contributed by atoms with E-state index in [-0.39, 0.29) is 53.5 Å². The van der Waals surface area contributed by atoms with Gasteiger partial charge in [-0.3, -0.25) is 14.4 Å². The molecule has 0 aromatic heterocycles. The average Bonchev–Trinajstić information content (AvgIpc) is 3.59. The van der Waals surface area contributed by atoms with E-state index in [1.54, 1.807) is 46.9 Å². The molecule has 42 heavy (non-hydrogen) atoms. The average molecular weight is 664 g/mol. The van der Waals surface area contributed by atoms with Crippen molar-refractivity contribution in [3.63, 3.8) is 0 Å². The molecule has 10 heteroatoms. The van der Waals surface area contributed by atoms with E-state index in [2.05, 4.69) is 29.1 Å². The van der Waals surface area contributed by atoms with Gasteiger partial charge in [0.2, 0.25) is 5.91 Å². The van der Waals surface area contributed by atoms with Gasteiger partial charge in [0.25, 0.3) is 5.91 Å². The van der Waals surface area contributed by atoms with Gasteiger partial charge in [-0.25, -0.2) is 0 Å². The van der Waals surface area contributed by atoms with Crippen LogP contribution in [0.25, 0.3) is 0 Å². The number of likely N-dealkylation sites (tertiary alicyclic amines) is 1. The number of benzene rings is 1. The second kappa shape index (κ2) is 14.0. The van der Waals surface area contributed by atoms with Crippen LogP contribution < -0.4 is 9.64 Å². The Hall–Kier alpha value is -2.30. The number of amides is 2. The molecule has 8 atom stereocenters. The summed E-state index contributed by atoms with van der Waals surface area (Å²) in [5, 5.41) is 10.4. The zero-order valence-electron chi connectivity index (χ0n) is 24.7. The van der Waals surface area contributed by atoms with E-state index in [9.17, 15) is 19.5 Å². The van der Waals surface area contributed by atoms with Gasteiger partial charge in [0.1, 0.15) is 11.8 Å². The lowest BCUT2D eigenvalue weighted by Gasteiger charge is -2.41. The summed E-state index contributed by atoms with van der Waals surface area (Å²) in [5.74, 6) is -1.66. The molecule has 3 aliphatic heterocycles. The lowest BCUT2D eigenvalue weighted by Crippen LogP contribution is -2.59. The number of unbranched alkanes of at least 4 members (excludes halogenated alkanes) is 2. The van der Waals surface area contributed by atoms with Crippen LogP contribution in [0, 0.1) is 17.8 Å². The zero-order chi connectivity index (χ0) is 30.6. The molecule has 3 saturated heterocycles. The molecule has 4 rings (SSSR count). The second-order valence-corrected chi connectivity index (χ2v) is 14.1. The SMILES string of the molecule is C=CCCCCOC(=O)[C@H]1[C@H]2C(=O)N([C@@H](CO)[C@@H](C)CC)C(C(=O)N(CC=C)c3ccc(OC)cc3)C23CC(Br)[C@@H]1S3. The highest BCUT2D eigenvalue weighted by atomic mass is 79.9. The monoisotopic (exact) mass is 662 g/mol. The lowest BCUT2D eigenvalue weighted by atomic mass is 9.71. The molecule has 3 heterocycles. The van der Waals surface area contributed by atoms with Crippen LogP contribution >= 0.6 is 27.7 Å². The number of anilines is 1. The van der Waals surface area contributed by atoms with Crippen LogP contribution in [0.1, 0.15) is 46.0 Å². The standard InChI is InChI=1S/C32H43BrN2O6S/c1-6-9-10-11-17-41-31(39)25-26-29(37)35(24(19-36)20(4)8-3)28(32(26)18-23(33)27(25)42-32)30(38)34(16-7-2)21-12-14-22(40-5)15-13-21/h6-7,12-15,20,23-28,36H,1-2,8-11,16-19H2,3-5H3/t20-,23?,24-,25-,26-,27-,28?,32?/m0/s1. The number of alkyl halides is 1. The normalized spacial score (nSPS) is 29.1. The molecule has 1 spiro atoms. The summed E-state index contributed by atoms with van der Waals surface area (Å²) in [6, 6.07) is 5.77. The van der Waals surface area contributed by atoms with Crippen LogP contribution in [0.2, 0.25) is 0 Å². The van der Waals surface area contributed by atoms with Gasteiger partial charge in [-0.05, 0) is 55.9 Å². The van der Waals surface area contributed by atoms with Crippen molar-refractivity contribution in [3.8, 4) is 5.75 Å². The number of aliphatic hydroxyl groups is 1. The van der Waals surface area contributed by atoms with E-state index in [4.69, 9.17) is 9.47 Å². The Labute approximate surface area is 262 Å². The molecule has 3 fully saturated rings. The minimum absolute atomic E-state index is 0.0597. The van der Waals surface area contributed by atoms with Gasteiger partial charge in [-0.2, -0.15) is 0 Å². The summed E-state index contributed by atoms with van der Waals surface area (Å²) in [6.07, 6.45) is 7.21. The van der Waals surface area contributed by atoms with Gasteiger partial charge < -0.3 is 24.4 Å². The number of esters is 1. The van der Waals surface area contributed by atoms with Crippen molar-refractivity contribution < 1.29 is 29.0 Å². The zero-order valence-corrected chi connectivity index (χ0v) is 27.1. The van der Waals surface area contributed by atoms with Crippen molar-refractivity contribution in [2.75, 3.05) is 31.8 Å². The van der Waals surface area contributed by atoms with Crippen LogP contribution in [0.3, 0.4) is 0 Å². The highest BCUT2D eigenvalue weighted by Gasteiger charge is 2.76. The fraction of sp³-hybridized carbons (Fsp3) is 0.594. The maximum atomic E-state index is 14.8. The number of carbonyl (C=O) groups excluding carboxylic acids is 3. The minimum Gasteiger partial charge on any atom is -0.497 e. The molecule has 8 nitrogen and oxygen atoms in total. The van der Waals surface area contributed by atoms with Crippen LogP contribution in [-0.4, -0.2) is 81.6 Å². The number of aliphatic hydroxyl groups excluding tert-OH is 1. The number of hydrogen-bond donors (Lipinski definition) is 1. The number of methoxy groups -OCH3 is 1. The van der Waals surface area contributed by atoms with Crippen molar-refractivity contribution >= 4 is 51.2 Å². The third-order valence-electron chi connectivity index (χ3n) is 9.09. The first kappa shape index (κ1) is 32.6. The van der Waals surface area contributed by atoms with Crippen molar-refractivity contribution in [3.05, 3.63) is 49.6 Å². The minimum atomic E-state index is -0.872. The molecule has 0 aliphatic carbocycles. The maximum Gasteiger partial charge on any atom is 0.310 e. The van der Waals surface area contributed by atoms with Crippen LogP contribution in [0.15, 0.2) is 49.6 Å². The predicted octanol–water partition coefficient (Wildman–Crippen LogP) is 4.99. The number of thioether (sulfide) groups is 1. The molecule has 3 unspecified atom stereocenters. The van der Waals surface area contributed by atoms with E-state index in [0.29, 0.717) is 17.9 Å². The van der Waals surface area contributed by atoms with E-state index >= 15 is 0 Å². The van der Waals surface area contributed by atoms with Gasteiger partial charge in [-0.15, -0.1) is 24.9 Å². The third kappa shape index (κ3) is 5.78. The largest absolute Gasteiger partial charge is 0.497 e. The number of allylic oxidation sites excluding steroid dienone is 1. The van der Waals surface area contributed by atoms with Crippen LogP contribution in [0.5, 0.6) is 5.75 Å². The number of carbonyl (C=O) groups is 3. The van der Waals surface area contributed by atoms with Gasteiger partial charge in [0.05, 0.1) is 42.9 Å². The van der Waals surface area contributed by atoms with Crippen molar-refractivity contribution in [2.24, 2.45) is 17.8 Å². The molecule has 2 amide bonds. The predicted molar refractivity (Wildman–Crippen MR) is 170 cm³/mol. The summed E-state index contributed by atoms with van der Waals surface area (Å²) in [4.78, 5) is 46.1. The molecule has 1 aromatic carbocycles. The number of halogens is 1. The summed E-state index contributed by atoms with van der Waals surface area (Å²) in [7, 11) is 1.58. The first-order valence-corrected chi connectivity index (χ1v) is 16.6. The van der Waals surface area contributed by atoms with Crippen LogP contribution in [0.4, 0.5) is 5.69 Å². The maximum absolute atomic E-state index is 14.8. The van der Waals surface area contributed by atoms with E-state index < -0.39 is 28.7 Å². The van der Waals surface area contributed by atoms with Crippen molar-refractivity contribution in [1.82, 2.24) is 4.90 Å². The molecular weight excluding hydrogens is 620 g/mol. The Morgan fingerprint density at radius 1 is 1.26 bits per heavy atom. The number of hydrogen-bond acceptors (Lipinski definition) is 7. The fourth-order valence-electron chi connectivity index (χ4n) is 6.81. The summed E-state index contributed by atoms with van der Waals surface area (Å²) >= 11 is 5.38. The van der Waals surface area contributed by atoms with Crippen molar-refractivity contribution in [1.29, 1.82) is 0 Å². The van der Waals surface area contributed by atoms with Gasteiger partial charge in [0, 0.05) is 22.3 Å². The topological polar surface area (TPSA) is 96.4 Å². The quantitative estimate of drug-likeness (QED) is 0.122. The fourth-order valence-corrected chi connectivity index (χ4v) is 10.4. The summed E-state index contributed by atoms with van der Waals surface area (Å²) in [6.45, 7) is 11.9. The Morgan fingerprint density at radius 3 is 2.57 bits per heavy atom. The van der Waals surface area contributed by atoms with E-state index in [0.717, 1.165) is 25.7 Å². The molecule has 1 N–H and O–H groups in total. The Bertz CT molecular complexity index is 1160. The highest BCUT2D eigenvalue weighted by Crippen LogP contribution is 2.68. The summed E-state index contributed by atoms with van der Waals surface area (Å²) in [5.41, 5.74) is 0.653. The number of nitrogens with zero attached hydrogens (tertiary/aromatic N) is 2. The van der Waals surface area contributed by atoms with E-state index in [1.807, 2.05) is 32.1 Å². The first-order chi connectivity index (χ1) is 20.2. The lowest BCUT2D eigenvalue weighted by molar-refractivity contribution is -0.154. The molecule has 230 valence electrons. The number of fused-ring (bicyclic) bond motifs is 1. The van der Waals surface area contributed by atoms with Gasteiger partial charge >= 0.3 is 5.97 Å². The molecule has 0 radical (unpaired) electrons. The molecule has 0 saturated carbocycles. The van der Waals surface area contributed by atoms with Crippen LogP contribution in [-0.2, 0) is 19.1 Å². The molecule has 1 aromatic rings. The number of ether oxygens (including phenoxy) is 2. The Morgan fingerprint density at radius 2 is 1.98 bits per heavy atom. The molecule has 3 aliphatic rings. The third-order valence-corrected chi connectivity index (χ3v) is 12.3. The molecular formula is C32H43BrN2O6S. The first-order valence-electron chi connectivity index (χ1n) is 14.8. The highest BCUT2D eigenvalue weighted by molar-refractivity contribution is 9.09. The Balaban J connectivity index is 1.76. The van der Waals surface area contributed by atoms with Gasteiger partial charge in [0.15, 0.2) is 0 Å². The van der Waals surface area contributed by atoms with E-state index in [1.165, 1.54) is 0 Å².